The third kappa shape index (κ3) is 5.36. The summed E-state index contributed by atoms with van der Waals surface area (Å²) in [5.74, 6) is 1.56. The van der Waals surface area contributed by atoms with Gasteiger partial charge in [0.2, 0.25) is 0 Å². The van der Waals surface area contributed by atoms with Gasteiger partial charge in [-0.25, -0.2) is 4.68 Å². The first-order chi connectivity index (χ1) is 17.1. The molecule has 1 N–H and O–H groups in total. The van der Waals surface area contributed by atoms with Gasteiger partial charge in [0, 0.05) is 30.8 Å². The topological polar surface area (TPSA) is 102 Å². The van der Waals surface area contributed by atoms with Crippen LogP contribution in [0.2, 0.25) is 0 Å². The largest absolute Gasteiger partial charge is 0.467 e. The SMILES string of the molecule is CCC[C@@H](c1nnnn1Cc1ccco1)N(Cc1cc2cc(C)ccc2[nH]c1=O)C[C@@H]1CCCO1. The van der Waals surface area contributed by atoms with Crippen LogP contribution in [-0.4, -0.2) is 49.3 Å². The third-order valence-electron chi connectivity index (χ3n) is 6.66. The number of nitrogens with one attached hydrogen (secondary N) is 1. The molecule has 0 unspecified atom stereocenters. The van der Waals surface area contributed by atoms with E-state index in [0.29, 0.717) is 19.6 Å². The number of furan rings is 1. The molecule has 2 atom stereocenters. The van der Waals surface area contributed by atoms with E-state index in [-0.39, 0.29) is 17.7 Å². The highest BCUT2D eigenvalue weighted by Gasteiger charge is 2.30. The highest BCUT2D eigenvalue weighted by Crippen LogP contribution is 2.28. The zero-order valence-electron chi connectivity index (χ0n) is 20.3. The Labute approximate surface area is 204 Å². The van der Waals surface area contributed by atoms with Crippen LogP contribution in [0.3, 0.4) is 0 Å². The summed E-state index contributed by atoms with van der Waals surface area (Å²) in [7, 11) is 0. The van der Waals surface area contributed by atoms with Crippen molar-refractivity contribution in [1.82, 2.24) is 30.1 Å². The van der Waals surface area contributed by atoms with E-state index in [9.17, 15) is 4.79 Å². The number of hydrogen-bond acceptors (Lipinski definition) is 7. The summed E-state index contributed by atoms with van der Waals surface area (Å²) in [5, 5.41) is 13.7. The van der Waals surface area contributed by atoms with E-state index in [1.807, 2.05) is 30.3 Å². The summed E-state index contributed by atoms with van der Waals surface area (Å²) in [4.78, 5) is 18.4. The standard InChI is InChI=1S/C26H32N6O3/c1-3-6-24(25-28-29-30-32(25)17-22-8-5-12-35-22)31(16-21-7-4-11-34-21)15-20-14-19-13-18(2)9-10-23(19)27-26(20)33/h5,8-10,12-14,21,24H,3-4,6-7,11,15-17H2,1-2H3,(H,27,33)/t21-,24-/m0/s1. The number of aromatic amines is 1. The van der Waals surface area contributed by atoms with Gasteiger partial charge in [-0.1, -0.05) is 25.0 Å². The van der Waals surface area contributed by atoms with Crippen LogP contribution in [0.1, 0.15) is 61.4 Å². The predicted octanol–water partition coefficient (Wildman–Crippen LogP) is 3.99. The van der Waals surface area contributed by atoms with E-state index < -0.39 is 0 Å². The third-order valence-corrected chi connectivity index (χ3v) is 6.66. The number of H-pyrrole nitrogens is 1. The van der Waals surface area contributed by atoms with Crippen molar-refractivity contribution >= 4 is 10.9 Å². The molecule has 1 aliphatic heterocycles. The zero-order valence-corrected chi connectivity index (χ0v) is 20.3. The maximum atomic E-state index is 13.1. The van der Waals surface area contributed by atoms with Crippen molar-refractivity contribution in [1.29, 1.82) is 0 Å². The van der Waals surface area contributed by atoms with Gasteiger partial charge in [-0.3, -0.25) is 9.69 Å². The van der Waals surface area contributed by atoms with Gasteiger partial charge in [-0.15, -0.1) is 5.10 Å². The molecule has 35 heavy (non-hydrogen) atoms. The van der Waals surface area contributed by atoms with E-state index in [0.717, 1.165) is 65.9 Å². The van der Waals surface area contributed by atoms with Gasteiger partial charge in [0.1, 0.15) is 12.3 Å². The number of ether oxygens (including phenoxy) is 1. The highest BCUT2D eigenvalue weighted by molar-refractivity contribution is 5.79. The predicted molar refractivity (Wildman–Crippen MR) is 132 cm³/mol. The van der Waals surface area contributed by atoms with Crippen LogP contribution in [0.4, 0.5) is 0 Å². The Kier molecular flexibility index (Phi) is 7.06. The van der Waals surface area contributed by atoms with Crippen LogP contribution in [0.25, 0.3) is 10.9 Å². The van der Waals surface area contributed by atoms with E-state index in [4.69, 9.17) is 9.15 Å². The van der Waals surface area contributed by atoms with Crippen molar-refractivity contribution in [3.8, 4) is 0 Å². The molecular weight excluding hydrogens is 444 g/mol. The number of pyridine rings is 1. The molecule has 184 valence electrons. The van der Waals surface area contributed by atoms with Gasteiger partial charge < -0.3 is 14.1 Å². The summed E-state index contributed by atoms with van der Waals surface area (Å²) < 4.78 is 13.3. The lowest BCUT2D eigenvalue weighted by Gasteiger charge is -2.32. The summed E-state index contributed by atoms with van der Waals surface area (Å²) in [6.45, 7) is 6.65. The van der Waals surface area contributed by atoms with E-state index in [1.165, 1.54) is 0 Å². The summed E-state index contributed by atoms with van der Waals surface area (Å²) in [6, 6.07) is 11.8. The number of hydrogen-bond donors (Lipinski definition) is 1. The molecule has 1 saturated heterocycles. The van der Waals surface area contributed by atoms with Gasteiger partial charge >= 0.3 is 0 Å². The van der Waals surface area contributed by atoms with Crippen LogP contribution in [0.15, 0.2) is 51.9 Å². The quantitative estimate of drug-likeness (QED) is 0.369. The van der Waals surface area contributed by atoms with E-state index in [2.05, 4.69) is 45.3 Å². The number of tetrazole rings is 1. The monoisotopic (exact) mass is 476 g/mol. The minimum atomic E-state index is -0.0678. The lowest BCUT2D eigenvalue weighted by atomic mass is 10.0. The number of nitrogens with zero attached hydrogens (tertiary/aromatic N) is 5. The lowest BCUT2D eigenvalue weighted by Crippen LogP contribution is -2.38. The maximum absolute atomic E-state index is 13.1. The molecule has 1 aliphatic rings. The fourth-order valence-corrected chi connectivity index (χ4v) is 4.92. The van der Waals surface area contributed by atoms with Gasteiger partial charge in [0.05, 0.1) is 18.4 Å². The molecule has 1 fully saturated rings. The Hall–Kier alpha value is -3.30. The van der Waals surface area contributed by atoms with Crippen molar-refractivity contribution < 1.29 is 9.15 Å². The van der Waals surface area contributed by atoms with Crippen LogP contribution in [-0.2, 0) is 17.8 Å². The molecule has 0 radical (unpaired) electrons. The molecule has 4 heterocycles. The first-order valence-corrected chi connectivity index (χ1v) is 12.4. The van der Waals surface area contributed by atoms with Crippen LogP contribution in [0, 0.1) is 6.92 Å². The average molecular weight is 477 g/mol. The molecule has 9 heteroatoms. The minimum Gasteiger partial charge on any atom is -0.467 e. The molecule has 0 saturated carbocycles. The van der Waals surface area contributed by atoms with Crippen molar-refractivity contribution in [3.05, 3.63) is 75.7 Å². The summed E-state index contributed by atoms with van der Waals surface area (Å²) in [6.07, 6.45) is 5.66. The van der Waals surface area contributed by atoms with Crippen LogP contribution in [0.5, 0.6) is 0 Å². The second-order valence-electron chi connectivity index (χ2n) is 9.36. The molecule has 1 aromatic carbocycles. The summed E-state index contributed by atoms with van der Waals surface area (Å²) >= 11 is 0. The first kappa shape index (κ1) is 23.4. The van der Waals surface area contributed by atoms with Crippen molar-refractivity contribution in [2.75, 3.05) is 13.2 Å². The molecule has 0 spiro atoms. The highest BCUT2D eigenvalue weighted by atomic mass is 16.5. The molecule has 0 amide bonds. The average Bonchev–Trinajstić information content (AvgIpc) is 3.62. The Morgan fingerprint density at radius 3 is 2.97 bits per heavy atom. The number of rotatable bonds is 10. The molecular formula is C26H32N6O3. The number of benzene rings is 1. The van der Waals surface area contributed by atoms with Gasteiger partial charge in [-0.05, 0) is 72.3 Å². The smallest absolute Gasteiger partial charge is 0.252 e. The fourth-order valence-electron chi connectivity index (χ4n) is 4.92. The second kappa shape index (κ2) is 10.5. The van der Waals surface area contributed by atoms with Crippen molar-refractivity contribution in [3.63, 3.8) is 0 Å². The van der Waals surface area contributed by atoms with Crippen LogP contribution >= 0.6 is 0 Å². The normalized spacial score (nSPS) is 16.9. The Morgan fingerprint density at radius 1 is 1.29 bits per heavy atom. The fraction of sp³-hybridized carbons (Fsp3) is 0.462. The molecule has 3 aromatic heterocycles. The summed E-state index contributed by atoms with van der Waals surface area (Å²) in [5.41, 5.74) is 2.67. The van der Waals surface area contributed by atoms with Crippen LogP contribution < -0.4 is 5.56 Å². The van der Waals surface area contributed by atoms with Gasteiger partial charge in [0.15, 0.2) is 5.82 Å². The second-order valence-corrected chi connectivity index (χ2v) is 9.36. The van der Waals surface area contributed by atoms with E-state index >= 15 is 0 Å². The Balaban J connectivity index is 1.50. The molecule has 9 nitrogen and oxygen atoms in total. The Morgan fingerprint density at radius 2 is 2.20 bits per heavy atom. The molecule has 0 bridgehead atoms. The first-order valence-electron chi connectivity index (χ1n) is 12.4. The Bertz CT molecular complexity index is 1310. The minimum absolute atomic E-state index is 0.0656. The number of fused-ring (bicyclic) bond motifs is 1. The van der Waals surface area contributed by atoms with Gasteiger partial charge in [-0.2, -0.15) is 0 Å². The molecule has 5 rings (SSSR count). The van der Waals surface area contributed by atoms with Crippen molar-refractivity contribution in [2.24, 2.45) is 0 Å². The number of aromatic nitrogens is 5. The lowest BCUT2D eigenvalue weighted by molar-refractivity contribution is 0.0476. The maximum Gasteiger partial charge on any atom is 0.252 e. The number of aryl methyl sites for hydroxylation is 1. The molecule has 4 aromatic rings. The van der Waals surface area contributed by atoms with Crippen molar-refractivity contribution in [2.45, 2.75) is 64.8 Å². The molecule has 0 aliphatic carbocycles. The van der Waals surface area contributed by atoms with E-state index in [1.54, 1.807) is 10.9 Å². The van der Waals surface area contributed by atoms with Gasteiger partial charge in [0.25, 0.3) is 5.56 Å². The zero-order chi connectivity index (χ0) is 24.2.